The van der Waals surface area contributed by atoms with Crippen LogP contribution in [0.5, 0.6) is 0 Å². The number of fused-ring (bicyclic) bond motifs is 1. The zero-order valence-electron chi connectivity index (χ0n) is 33.7. The summed E-state index contributed by atoms with van der Waals surface area (Å²) in [6.45, 7) is 32.6. The summed E-state index contributed by atoms with van der Waals surface area (Å²) in [4.78, 5) is 19.0. The summed E-state index contributed by atoms with van der Waals surface area (Å²) < 4.78 is 5.20. The van der Waals surface area contributed by atoms with Crippen LogP contribution in [0.25, 0.3) is 11.0 Å². The number of nitrogens with zero attached hydrogens (tertiary/aromatic N) is 3. The van der Waals surface area contributed by atoms with E-state index in [2.05, 4.69) is 165 Å². The van der Waals surface area contributed by atoms with Gasteiger partial charge in [-0.3, -0.25) is 9.98 Å². The van der Waals surface area contributed by atoms with Crippen molar-refractivity contribution < 1.29 is 4.42 Å². The van der Waals surface area contributed by atoms with Gasteiger partial charge in [-0.15, -0.1) is 0 Å². The Hall–Kier alpha value is -4.19. The van der Waals surface area contributed by atoms with E-state index in [0.29, 0.717) is 0 Å². The first-order valence-electron chi connectivity index (χ1n) is 17.8. The first-order chi connectivity index (χ1) is 23.0. The predicted molar refractivity (Wildman–Crippen MR) is 222 cm³/mol. The number of aromatic amines is 2. The Morgan fingerprint density at radius 3 is 1.67 bits per heavy atom. The summed E-state index contributed by atoms with van der Waals surface area (Å²) in [7, 11) is 0. The van der Waals surface area contributed by atoms with E-state index in [-0.39, 0.29) is 34.5 Å². The van der Waals surface area contributed by atoms with Crippen LogP contribution in [-0.2, 0) is 21.7 Å². The molecule has 5 aromatic rings. The average molecular weight is 696 g/mol. The van der Waals surface area contributed by atoms with Gasteiger partial charge >= 0.3 is 0 Å². The number of H-pyrrole nitrogens is 2. The van der Waals surface area contributed by atoms with Gasteiger partial charge in [0.2, 0.25) is 0 Å². The van der Waals surface area contributed by atoms with Crippen molar-refractivity contribution in [1.82, 2.24) is 19.9 Å². The Kier molecular flexibility index (Phi) is 16.6. The van der Waals surface area contributed by atoms with E-state index in [1.54, 1.807) is 12.6 Å². The average Bonchev–Trinajstić information content (AvgIpc) is 3.84. The van der Waals surface area contributed by atoms with E-state index < -0.39 is 0 Å². The lowest BCUT2D eigenvalue weighted by Crippen LogP contribution is -2.12. The number of aromatic nitrogens is 4. The highest BCUT2D eigenvalue weighted by atomic mass is 16.3. The molecule has 5 heterocycles. The minimum absolute atomic E-state index is 0. The molecule has 6 heteroatoms. The summed E-state index contributed by atoms with van der Waals surface area (Å²) in [5.74, 6) is 1.04. The lowest BCUT2D eigenvalue weighted by atomic mass is 9.87. The van der Waals surface area contributed by atoms with Crippen LogP contribution in [0.1, 0.15) is 140 Å². The van der Waals surface area contributed by atoms with Crippen LogP contribution in [0.15, 0.2) is 107 Å². The molecule has 0 bridgehead atoms. The molecule has 1 aromatic carbocycles. The molecule has 0 radical (unpaired) electrons. The van der Waals surface area contributed by atoms with Crippen LogP contribution >= 0.6 is 0 Å². The van der Waals surface area contributed by atoms with Crippen molar-refractivity contribution in [3.8, 4) is 0 Å². The van der Waals surface area contributed by atoms with Crippen molar-refractivity contribution in [3.05, 3.63) is 120 Å². The second-order valence-corrected chi connectivity index (χ2v) is 17.8. The van der Waals surface area contributed by atoms with Gasteiger partial charge in [-0.2, -0.15) is 0 Å². The number of rotatable bonds is 0. The topological polar surface area (TPSA) is 82.9 Å². The van der Waals surface area contributed by atoms with Crippen LogP contribution in [0, 0.1) is 5.41 Å². The second-order valence-electron chi connectivity index (χ2n) is 17.8. The standard InChI is InChI=1S/C11H14N2.C9H13N.2C8H13N.C8H12O.CH4/c1-11(2,3)8-4-5-9-10(6-8)13-7-12-9;1-9(2,3)8-6-4-5-7-10-8;3*1-8(2,3)7-5-4-6-9-7;/h4-7H,1-3H3,(H,12,13);4-7H,1-3H3;5-6H,4H2,1-3H3;4-6,9H,1-3H3;4-6H,1-3H3;1H4. The van der Waals surface area contributed by atoms with Gasteiger partial charge in [0.25, 0.3) is 0 Å². The van der Waals surface area contributed by atoms with Crippen molar-refractivity contribution in [2.45, 2.75) is 139 Å². The maximum absolute atomic E-state index is 5.20. The Morgan fingerprint density at radius 2 is 1.31 bits per heavy atom. The summed E-state index contributed by atoms with van der Waals surface area (Å²) in [5, 5.41) is 0. The van der Waals surface area contributed by atoms with E-state index in [1.807, 2.05) is 48.9 Å². The second kappa shape index (κ2) is 18.9. The quantitative estimate of drug-likeness (QED) is 0.169. The van der Waals surface area contributed by atoms with Gasteiger partial charge in [-0.25, -0.2) is 4.98 Å². The predicted octanol–water partition coefficient (Wildman–Crippen LogP) is 13.2. The van der Waals surface area contributed by atoms with Gasteiger partial charge in [0.15, 0.2) is 0 Å². The monoisotopic (exact) mass is 696 g/mol. The molecule has 0 atom stereocenters. The minimum atomic E-state index is 0. The van der Waals surface area contributed by atoms with E-state index in [1.165, 1.54) is 17.0 Å². The SMILES string of the molecule is C.CC(C)(C)C1=CCC=N1.CC(C)(C)c1ccc2nc[nH]c2c1.CC(C)(C)c1ccc[nH]1.CC(C)(C)c1ccccn1.CC(C)(C)c1ccco1. The van der Waals surface area contributed by atoms with Crippen LogP contribution < -0.4 is 0 Å². The third kappa shape index (κ3) is 16.1. The van der Waals surface area contributed by atoms with E-state index >= 15 is 0 Å². The maximum Gasteiger partial charge on any atom is 0.109 e. The molecule has 0 spiro atoms. The minimum Gasteiger partial charge on any atom is -0.469 e. The van der Waals surface area contributed by atoms with Crippen LogP contribution in [-0.4, -0.2) is 26.2 Å². The van der Waals surface area contributed by atoms with Crippen molar-refractivity contribution in [2.24, 2.45) is 10.4 Å². The van der Waals surface area contributed by atoms with Gasteiger partial charge in [-0.1, -0.05) is 129 Å². The highest BCUT2D eigenvalue weighted by molar-refractivity contribution is 5.75. The number of aliphatic imine (C=N–C) groups is 1. The number of hydrogen-bond acceptors (Lipinski definition) is 4. The molecule has 51 heavy (non-hydrogen) atoms. The molecule has 0 aliphatic carbocycles. The molecular formula is C45H69N5O. The summed E-state index contributed by atoms with van der Waals surface area (Å²) in [6, 6.07) is 20.4. The summed E-state index contributed by atoms with van der Waals surface area (Å²) in [6.07, 6.45) is 12.4. The Morgan fingerprint density at radius 1 is 0.627 bits per heavy atom. The van der Waals surface area contributed by atoms with Crippen molar-refractivity contribution >= 4 is 17.2 Å². The number of benzene rings is 1. The molecule has 1 aliphatic rings. The molecule has 0 amide bonds. The summed E-state index contributed by atoms with van der Waals surface area (Å²) in [5.41, 5.74) is 8.21. The smallest absolute Gasteiger partial charge is 0.109 e. The van der Waals surface area contributed by atoms with Crippen LogP contribution in [0.4, 0.5) is 0 Å². The Balaban J connectivity index is 0.000000320. The van der Waals surface area contributed by atoms with Crippen LogP contribution in [0.2, 0.25) is 0 Å². The molecule has 280 valence electrons. The van der Waals surface area contributed by atoms with Gasteiger partial charge in [0, 0.05) is 63.8 Å². The normalized spacial score (nSPS) is 12.8. The van der Waals surface area contributed by atoms with E-state index in [9.17, 15) is 0 Å². The van der Waals surface area contributed by atoms with Gasteiger partial charge in [-0.05, 0) is 59.5 Å². The number of nitrogens with one attached hydrogen (secondary N) is 2. The van der Waals surface area contributed by atoms with Gasteiger partial charge in [0.1, 0.15) is 5.76 Å². The largest absolute Gasteiger partial charge is 0.469 e. The summed E-state index contributed by atoms with van der Waals surface area (Å²) >= 11 is 0. The van der Waals surface area contributed by atoms with Crippen molar-refractivity contribution in [1.29, 1.82) is 0 Å². The zero-order valence-corrected chi connectivity index (χ0v) is 33.7. The zero-order chi connectivity index (χ0) is 37.8. The van der Waals surface area contributed by atoms with Crippen LogP contribution in [0.3, 0.4) is 0 Å². The molecule has 0 fully saturated rings. The number of allylic oxidation sites excluding steroid dienone is 2. The van der Waals surface area contributed by atoms with Crippen molar-refractivity contribution in [3.63, 3.8) is 0 Å². The fourth-order valence-electron chi connectivity index (χ4n) is 4.58. The molecular weight excluding hydrogens is 627 g/mol. The van der Waals surface area contributed by atoms with E-state index in [0.717, 1.165) is 28.9 Å². The highest BCUT2D eigenvalue weighted by Gasteiger charge is 2.18. The lowest BCUT2D eigenvalue weighted by Gasteiger charge is -2.18. The first-order valence-corrected chi connectivity index (χ1v) is 17.8. The van der Waals surface area contributed by atoms with E-state index in [4.69, 9.17) is 4.42 Å². The number of imidazole rings is 1. The Bertz CT molecular complexity index is 1660. The molecule has 2 N–H and O–H groups in total. The maximum atomic E-state index is 5.20. The molecule has 1 aliphatic heterocycles. The number of furan rings is 1. The number of hydrogen-bond donors (Lipinski definition) is 2. The lowest BCUT2D eigenvalue weighted by molar-refractivity contribution is 0.409. The molecule has 6 rings (SSSR count). The Labute approximate surface area is 310 Å². The van der Waals surface area contributed by atoms with Gasteiger partial charge in [0.05, 0.1) is 23.6 Å². The van der Waals surface area contributed by atoms with Crippen molar-refractivity contribution in [2.75, 3.05) is 0 Å². The molecule has 0 saturated heterocycles. The first kappa shape index (κ1) is 44.8. The molecule has 4 aromatic heterocycles. The highest BCUT2D eigenvalue weighted by Crippen LogP contribution is 2.28. The molecule has 6 nitrogen and oxygen atoms in total. The van der Waals surface area contributed by atoms with Gasteiger partial charge < -0.3 is 14.4 Å². The fraction of sp³-hybridized carbons (Fsp3) is 0.489. The third-order valence-electron chi connectivity index (χ3n) is 7.80. The number of pyridine rings is 1. The molecule has 0 saturated carbocycles. The fourth-order valence-corrected chi connectivity index (χ4v) is 4.58. The third-order valence-corrected chi connectivity index (χ3v) is 7.80. The molecule has 0 unspecified atom stereocenters.